The van der Waals surface area contributed by atoms with Gasteiger partial charge in [-0.1, -0.05) is 115 Å². The summed E-state index contributed by atoms with van der Waals surface area (Å²) < 4.78 is 11.9. The fourth-order valence-corrected chi connectivity index (χ4v) is 6.81. The predicted octanol–water partition coefficient (Wildman–Crippen LogP) is 10.6. The Bertz CT molecular complexity index is 1810. The molecule has 1 aliphatic rings. The van der Waals surface area contributed by atoms with Crippen LogP contribution in [-0.4, -0.2) is 40.7 Å². The molecule has 1 heterocycles. The molecule has 2 N–H and O–H groups in total. The molecule has 0 aliphatic heterocycles. The summed E-state index contributed by atoms with van der Waals surface area (Å²) in [6.07, 6.45) is 12.8. The highest BCUT2D eigenvalue weighted by Crippen LogP contribution is 2.28. The van der Waals surface area contributed by atoms with Gasteiger partial charge >= 0.3 is 0 Å². The first-order valence-electron chi connectivity index (χ1n) is 19.6. The normalized spacial score (nSPS) is 14.2. The topological polar surface area (TPSA) is 85.4 Å². The number of ether oxygens (including phenoxy) is 2. The second-order valence-corrected chi connectivity index (χ2v) is 16.7. The number of amides is 1. The molecule has 1 atom stereocenters. The fourth-order valence-electron chi connectivity index (χ4n) is 6.81. The largest absolute Gasteiger partial charge is 0.494 e. The van der Waals surface area contributed by atoms with E-state index in [2.05, 4.69) is 68.8 Å². The third-order valence-electron chi connectivity index (χ3n) is 9.96. The van der Waals surface area contributed by atoms with Crippen molar-refractivity contribution in [2.75, 3.05) is 13.2 Å². The minimum absolute atomic E-state index is 0.00482. The molecular formula is C47H60N4O3. The van der Waals surface area contributed by atoms with Crippen LogP contribution in [0, 0.1) is 5.92 Å². The highest BCUT2D eigenvalue weighted by molar-refractivity contribution is 5.94. The number of benzene rings is 3. The lowest BCUT2D eigenvalue weighted by Crippen LogP contribution is -2.41. The van der Waals surface area contributed by atoms with Crippen molar-refractivity contribution in [3.63, 3.8) is 0 Å². The van der Waals surface area contributed by atoms with Crippen LogP contribution in [0.25, 0.3) is 22.5 Å². The Morgan fingerprint density at radius 2 is 1.44 bits per heavy atom. The van der Waals surface area contributed by atoms with Gasteiger partial charge in [0.2, 0.25) is 0 Å². The van der Waals surface area contributed by atoms with Crippen molar-refractivity contribution in [2.45, 2.75) is 110 Å². The Morgan fingerprint density at radius 1 is 0.815 bits per heavy atom. The van der Waals surface area contributed by atoms with Gasteiger partial charge in [0, 0.05) is 47.7 Å². The molecule has 0 bridgehead atoms. The number of hydrogen-bond donors (Lipinski definition) is 2. The summed E-state index contributed by atoms with van der Waals surface area (Å²) >= 11 is 0. The van der Waals surface area contributed by atoms with Gasteiger partial charge in [-0.2, -0.15) is 0 Å². The van der Waals surface area contributed by atoms with Crippen LogP contribution in [0.5, 0.6) is 5.75 Å². The van der Waals surface area contributed by atoms with Gasteiger partial charge < -0.3 is 20.1 Å². The first kappa shape index (κ1) is 40.3. The number of nitrogens with one attached hydrogen (secondary N) is 2. The van der Waals surface area contributed by atoms with Gasteiger partial charge in [0.05, 0.1) is 18.4 Å². The summed E-state index contributed by atoms with van der Waals surface area (Å²) in [6.45, 7) is 22.3. The van der Waals surface area contributed by atoms with Crippen LogP contribution >= 0.6 is 0 Å². The Kier molecular flexibility index (Phi) is 13.7. The molecule has 1 fully saturated rings. The molecule has 3 aromatic carbocycles. The molecule has 54 heavy (non-hydrogen) atoms. The van der Waals surface area contributed by atoms with Crippen molar-refractivity contribution in [2.24, 2.45) is 5.92 Å². The average Bonchev–Trinajstić information content (AvgIpc) is 3.14. The van der Waals surface area contributed by atoms with Crippen LogP contribution in [-0.2, 0) is 16.6 Å². The van der Waals surface area contributed by atoms with Crippen molar-refractivity contribution < 1.29 is 14.3 Å². The van der Waals surface area contributed by atoms with Crippen molar-refractivity contribution in [1.82, 2.24) is 20.6 Å². The van der Waals surface area contributed by atoms with Gasteiger partial charge in [0.15, 0.2) is 5.82 Å². The molecule has 7 nitrogen and oxygen atoms in total. The molecule has 1 aromatic heterocycles. The summed E-state index contributed by atoms with van der Waals surface area (Å²) in [4.78, 5) is 22.9. The third kappa shape index (κ3) is 12.3. The van der Waals surface area contributed by atoms with Crippen molar-refractivity contribution >= 4 is 5.91 Å². The van der Waals surface area contributed by atoms with Crippen molar-refractivity contribution in [3.8, 4) is 28.3 Å². The predicted molar refractivity (Wildman–Crippen MR) is 221 cm³/mol. The summed E-state index contributed by atoms with van der Waals surface area (Å²) in [5.74, 6) is 2.93. The van der Waals surface area contributed by atoms with Crippen LogP contribution in [0.1, 0.15) is 108 Å². The van der Waals surface area contributed by atoms with E-state index in [1.807, 2.05) is 81.7 Å². The molecule has 4 aromatic rings. The number of hydrogen-bond acceptors (Lipinski definition) is 6. The molecule has 7 heteroatoms. The van der Waals surface area contributed by atoms with E-state index < -0.39 is 0 Å². The van der Waals surface area contributed by atoms with E-state index >= 15 is 0 Å². The zero-order valence-electron chi connectivity index (χ0n) is 33.3. The lowest BCUT2D eigenvalue weighted by Gasteiger charge is -2.25. The van der Waals surface area contributed by atoms with E-state index in [0.717, 1.165) is 52.6 Å². The van der Waals surface area contributed by atoms with Crippen LogP contribution in [0.15, 0.2) is 110 Å². The van der Waals surface area contributed by atoms with E-state index in [0.29, 0.717) is 36.5 Å². The molecule has 0 spiro atoms. The molecule has 1 amide bonds. The second kappa shape index (κ2) is 18.4. The minimum Gasteiger partial charge on any atom is -0.494 e. The van der Waals surface area contributed by atoms with Gasteiger partial charge in [0.25, 0.3) is 5.91 Å². The fraction of sp³-hybridized carbons (Fsp3) is 0.426. The van der Waals surface area contributed by atoms with Gasteiger partial charge in [-0.15, -0.1) is 0 Å². The number of carbonyl (C=O) groups excluding carboxylic acids is 1. The number of aromatic nitrogens is 2. The molecule has 5 rings (SSSR count). The molecule has 0 unspecified atom stereocenters. The molecule has 0 saturated heterocycles. The number of carbonyl (C=O) groups is 1. The number of nitrogens with zero attached hydrogens (tertiary/aromatic N) is 2. The lowest BCUT2D eigenvalue weighted by atomic mass is 9.86. The molecule has 1 aliphatic carbocycles. The standard InChI is InChI=1S/C47H60N4O3/c1-33(54-47(6,7)8)26-28-48-34(2)43(51-45(52)39-18-22-41(23-19-39)46(3,4)5)30-36-14-16-38(17-15-36)44-49-31-40(32-50-44)37-20-24-42(25-21-37)53-29-27-35-12-10-9-11-13-35/h14-25,31-32,35,43,48H,1-2,9-13,26-30H2,3-8H3,(H,51,52)/t43-/m0/s1. The lowest BCUT2D eigenvalue weighted by molar-refractivity contribution is 0.0480. The Hall–Kier alpha value is -4.91. The maximum atomic E-state index is 13.5. The molecule has 1 saturated carbocycles. The summed E-state index contributed by atoms with van der Waals surface area (Å²) in [5, 5.41) is 6.63. The van der Waals surface area contributed by atoms with Crippen LogP contribution in [0.2, 0.25) is 0 Å². The smallest absolute Gasteiger partial charge is 0.251 e. The first-order valence-corrected chi connectivity index (χ1v) is 19.6. The van der Waals surface area contributed by atoms with Gasteiger partial charge in [-0.25, -0.2) is 9.97 Å². The summed E-state index contributed by atoms with van der Waals surface area (Å²) in [7, 11) is 0. The summed E-state index contributed by atoms with van der Waals surface area (Å²) in [6, 6.07) is 23.8. The van der Waals surface area contributed by atoms with Crippen molar-refractivity contribution in [1.29, 1.82) is 0 Å². The van der Waals surface area contributed by atoms with Gasteiger partial charge in [-0.05, 0) is 85.9 Å². The Labute approximate surface area is 323 Å². The molecule has 0 radical (unpaired) electrons. The Morgan fingerprint density at radius 3 is 2.06 bits per heavy atom. The first-order chi connectivity index (χ1) is 25.7. The van der Waals surface area contributed by atoms with E-state index in [-0.39, 0.29) is 23.0 Å². The highest BCUT2D eigenvalue weighted by Gasteiger charge is 2.20. The average molecular weight is 729 g/mol. The maximum absolute atomic E-state index is 13.5. The van der Waals surface area contributed by atoms with E-state index in [9.17, 15) is 4.79 Å². The number of rotatable bonds is 16. The van der Waals surface area contributed by atoms with E-state index in [1.54, 1.807) is 0 Å². The maximum Gasteiger partial charge on any atom is 0.251 e. The molecular weight excluding hydrogens is 669 g/mol. The quantitative estimate of drug-likeness (QED) is 0.112. The SMILES string of the molecule is C=C(CCNC(=C)[C@H](Cc1ccc(-c2ncc(-c3ccc(OCCC4CCCCC4)cc3)cn2)cc1)NC(=O)c1ccc(C(C)(C)C)cc1)OC(C)(C)C. The third-order valence-corrected chi connectivity index (χ3v) is 9.96. The molecule has 286 valence electrons. The van der Waals surface area contributed by atoms with E-state index in [1.165, 1.54) is 37.7 Å². The van der Waals surface area contributed by atoms with Crippen LogP contribution in [0.4, 0.5) is 0 Å². The second-order valence-electron chi connectivity index (χ2n) is 16.7. The van der Waals surface area contributed by atoms with Gasteiger partial charge in [-0.3, -0.25) is 4.79 Å². The highest BCUT2D eigenvalue weighted by atomic mass is 16.5. The summed E-state index contributed by atoms with van der Waals surface area (Å²) in [5.41, 5.74) is 6.18. The Balaban J connectivity index is 1.20. The van der Waals surface area contributed by atoms with Crippen LogP contribution < -0.4 is 15.4 Å². The van der Waals surface area contributed by atoms with Gasteiger partial charge in [0.1, 0.15) is 11.4 Å². The minimum atomic E-state index is -0.355. The monoisotopic (exact) mass is 728 g/mol. The van der Waals surface area contributed by atoms with Crippen LogP contribution in [0.3, 0.4) is 0 Å². The zero-order valence-corrected chi connectivity index (χ0v) is 33.3. The van der Waals surface area contributed by atoms with Crippen molar-refractivity contribution in [3.05, 3.63) is 126 Å². The zero-order chi connectivity index (χ0) is 38.7. The van der Waals surface area contributed by atoms with E-state index in [4.69, 9.17) is 19.4 Å².